The van der Waals surface area contributed by atoms with Crippen molar-refractivity contribution in [1.82, 2.24) is 25.4 Å². The van der Waals surface area contributed by atoms with Crippen molar-refractivity contribution < 1.29 is 4.74 Å². The quantitative estimate of drug-likeness (QED) is 0.414. The van der Waals surface area contributed by atoms with E-state index in [1.807, 2.05) is 18.2 Å². The predicted octanol–water partition coefficient (Wildman–Crippen LogP) is 3.48. The van der Waals surface area contributed by atoms with Crippen LogP contribution in [0.2, 0.25) is 0 Å². The summed E-state index contributed by atoms with van der Waals surface area (Å²) in [7, 11) is 1.80. The second-order valence-corrected chi connectivity index (χ2v) is 8.77. The van der Waals surface area contributed by atoms with Crippen LogP contribution in [0.25, 0.3) is 0 Å². The third-order valence-electron chi connectivity index (χ3n) is 5.11. The Morgan fingerprint density at radius 1 is 1.13 bits per heavy atom. The molecule has 1 aliphatic rings. The van der Waals surface area contributed by atoms with Gasteiger partial charge in [0.05, 0.1) is 0 Å². The largest absolute Gasteiger partial charge is 0.488 e. The van der Waals surface area contributed by atoms with E-state index >= 15 is 0 Å². The number of ether oxygens (including phenoxy) is 1. The van der Waals surface area contributed by atoms with E-state index in [1.165, 1.54) is 19.3 Å². The number of nitrogens with zero attached hydrogens (tertiary/aromatic N) is 4. The predicted molar refractivity (Wildman–Crippen MR) is 121 cm³/mol. The number of aryl methyl sites for hydroxylation is 2. The standard InChI is InChI=1S/C23H36N6O/c1-23(2,3)30-19-12-8-7-11-18(19)17-26-22(24-4)25-15-10-14-21-28-27-20-13-6-5-9-16-29(20)21/h7-8,11-12H,5-6,9-10,13-17H2,1-4H3,(H2,24,25,26). The van der Waals surface area contributed by atoms with E-state index < -0.39 is 0 Å². The second kappa shape index (κ2) is 10.5. The maximum Gasteiger partial charge on any atom is 0.191 e. The number of hydrogen-bond donors (Lipinski definition) is 2. The van der Waals surface area contributed by atoms with E-state index in [0.717, 1.165) is 61.3 Å². The highest BCUT2D eigenvalue weighted by Crippen LogP contribution is 2.22. The highest BCUT2D eigenvalue weighted by atomic mass is 16.5. The molecule has 0 atom stereocenters. The average Bonchev–Trinajstić information content (AvgIpc) is 2.93. The fraction of sp³-hybridized carbons (Fsp3) is 0.609. The molecule has 0 spiro atoms. The zero-order valence-electron chi connectivity index (χ0n) is 18.9. The number of aromatic nitrogens is 3. The Hall–Kier alpha value is -2.57. The van der Waals surface area contributed by atoms with Gasteiger partial charge in [-0.2, -0.15) is 0 Å². The molecule has 0 radical (unpaired) electrons. The average molecular weight is 413 g/mol. The van der Waals surface area contributed by atoms with Gasteiger partial charge in [0.25, 0.3) is 0 Å². The van der Waals surface area contributed by atoms with Crippen molar-refractivity contribution >= 4 is 5.96 Å². The lowest BCUT2D eigenvalue weighted by molar-refractivity contribution is 0.129. The maximum absolute atomic E-state index is 6.08. The van der Waals surface area contributed by atoms with Gasteiger partial charge in [-0.3, -0.25) is 4.99 Å². The third kappa shape index (κ3) is 6.47. The van der Waals surface area contributed by atoms with E-state index in [2.05, 4.69) is 57.2 Å². The van der Waals surface area contributed by atoms with Crippen LogP contribution in [0.1, 0.15) is 63.7 Å². The number of aliphatic imine (C=N–C) groups is 1. The van der Waals surface area contributed by atoms with Gasteiger partial charge in [0.15, 0.2) is 5.96 Å². The Kier molecular flexibility index (Phi) is 7.71. The van der Waals surface area contributed by atoms with Crippen molar-refractivity contribution in [2.24, 2.45) is 4.99 Å². The lowest BCUT2D eigenvalue weighted by atomic mass is 10.1. The van der Waals surface area contributed by atoms with E-state index in [4.69, 9.17) is 4.74 Å². The highest BCUT2D eigenvalue weighted by Gasteiger charge is 2.15. The fourth-order valence-electron chi connectivity index (χ4n) is 3.66. The lowest BCUT2D eigenvalue weighted by Crippen LogP contribution is -2.37. The van der Waals surface area contributed by atoms with Gasteiger partial charge < -0.3 is 19.9 Å². The van der Waals surface area contributed by atoms with Crippen LogP contribution in [0.15, 0.2) is 29.3 Å². The van der Waals surface area contributed by atoms with Gasteiger partial charge in [-0.1, -0.05) is 24.6 Å². The summed E-state index contributed by atoms with van der Waals surface area (Å²) in [5, 5.41) is 15.6. The summed E-state index contributed by atoms with van der Waals surface area (Å²) >= 11 is 0. The molecule has 3 rings (SSSR count). The number of nitrogens with one attached hydrogen (secondary N) is 2. The SMILES string of the molecule is CN=C(NCCCc1nnc2n1CCCCC2)NCc1ccccc1OC(C)(C)C. The molecule has 0 saturated carbocycles. The smallest absolute Gasteiger partial charge is 0.191 e. The van der Waals surface area contributed by atoms with Crippen LogP contribution in [-0.2, 0) is 25.9 Å². The minimum absolute atomic E-state index is 0.226. The van der Waals surface area contributed by atoms with Gasteiger partial charge >= 0.3 is 0 Å². The Bertz CT molecular complexity index is 836. The van der Waals surface area contributed by atoms with Gasteiger partial charge in [-0.25, -0.2) is 0 Å². The monoisotopic (exact) mass is 412 g/mol. The summed E-state index contributed by atoms with van der Waals surface area (Å²) in [6, 6.07) is 8.13. The fourth-order valence-corrected chi connectivity index (χ4v) is 3.66. The van der Waals surface area contributed by atoms with Crippen molar-refractivity contribution in [1.29, 1.82) is 0 Å². The van der Waals surface area contributed by atoms with Crippen LogP contribution in [0, 0.1) is 0 Å². The normalized spacial score (nSPS) is 14.7. The number of hydrogen-bond acceptors (Lipinski definition) is 4. The molecule has 0 fully saturated rings. The van der Waals surface area contributed by atoms with E-state index in [-0.39, 0.29) is 5.60 Å². The first-order valence-corrected chi connectivity index (χ1v) is 11.1. The highest BCUT2D eigenvalue weighted by molar-refractivity contribution is 5.79. The molecule has 2 N–H and O–H groups in total. The van der Waals surface area contributed by atoms with Crippen molar-refractivity contribution in [2.75, 3.05) is 13.6 Å². The maximum atomic E-state index is 6.08. The summed E-state index contributed by atoms with van der Waals surface area (Å²) < 4.78 is 8.40. The summed E-state index contributed by atoms with van der Waals surface area (Å²) in [5.41, 5.74) is 0.886. The summed E-state index contributed by atoms with van der Waals surface area (Å²) in [6.45, 7) is 8.74. The van der Waals surface area contributed by atoms with Crippen molar-refractivity contribution in [3.8, 4) is 5.75 Å². The summed E-state index contributed by atoms with van der Waals surface area (Å²) in [4.78, 5) is 4.34. The molecule has 2 heterocycles. The van der Waals surface area contributed by atoms with Crippen molar-refractivity contribution in [3.05, 3.63) is 41.5 Å². The van der Waals surface area contributed by atoms with Gasteiger partial charge in [0, 0.05) is 45.1 Å². The van der Waals surface area contributed by atoms with E-state index in [9.17, 15) is 0 Å². The first-order chi connectivity index (χ1) is 14.5. The Labute approximate surface area is 180 Å². The first-order valence-electron chi connectivity index (χ1n) is 11.1. The Morgan fingerprint density at radius 3 is 2.77 bits per heavy atom. The summed E-state index contributed by atoms with van der Waals surface area (Å²) in [6.07, 6.45) is 6.72. The first kappa shape index (κ1) is 22.1. The summed E-state index contributed by atoms with van der Waals surface area (Å²) in [5.74, 6) is 3.97. The Morgan fingerprint density at radius 2 is 1.97 bits per heavy atom. The molecule has 1 aromatic heterocycles. The molecular formula is C23H36N6O. The van der Waals surface area contributed by atoms with Crippen LogP contribution in [0.5, 0.6) is 5.75 Å². The third-order valence-corrected chi connectivity index (χ3v) is 5.11. The minimum atomic E-state index is -0.226. The number of rotatable bonds is 7. The molecule has 0 aliphatic carbocycles. The molecule has 1 aromatic carbocycles. The van der Waals surface area contributed by atoms with Crippen LogP contribution in [0.4, 0.5) is 0 Å². The molecule has 0 amide bonds. The molecule has 7 nitrogen and oxygen atoms in total. The zero-order chi connectivity index (χ0) is 21.4. The van der Waals surface area contributed by atoms with Crippen LogP contribution >= 0.6 is 0 Å². The molecule has 164 valence electrons. The second-order valence-electron chi connectivity index (χ2n) is 8.77. The zero-order valence-corrected chi connectivity index (χ0v) is 18.9. The van der Waals surface area contributed by atoms with Crippen LogP contribution in [-0.4, -0.2) is 39.9 Å². The lowest BCUT2D eigenvalue weighted by Gasteiger charge is -2.23. The van der Waals surface area contributed by atoms with Crippen molar-refractivity contribution in [2.45, 2.75) is 78.0 Å². The van der Waals surface area contributed by atoms with Crippen LogP contribution in [0.3, 0.4) is 0 Å². The topological polar surface area (TPSA) is 76.4 Å². The molecular weight excluding hydrogens is 376 g/mol. The van der Waals surface area contributed by atoms with Gasteiger partial charge in [0.1, 0.15) is 23.0 Å². The molecule has 1 aliphatic heterocycles. The van der Waals surface area contributed by atoms with Gasteiger partial charge in [-0.05, 0) is 46.1 Å². The minimum Gasteiger partial charge on any atom is -0.488 e. The van der Waals surface area contributed by atoms with E-state index in [1.54, 1.807) is 7.05 Å². The molecule has 30 heavy (non-hydrogen) atoms. The molecule has 7 heteroatoms. The number of fused-ring (bicyclic) bond motifs is 1. The molecule has 0 unspecified atom stereocenters. The van der Waals surface area contributed by atoms with Crippen molar-refractivity contribution in [3.63, 3.8) is 0 Å². The molecule has 0 saturated heterocycles. The number of benzene rings is 1. The van der Waals surface area contributed by atoms with Gasteiger partial charge in [-0.15, -0.1) is 10.2 Å². The van der Waals surface area contributed by atoms with E-state index in [0.29, 0.717) is 6.54 Å². The number of para-hydroxylation sites is 1. The molecule has 2 aromatic rings. The van der Waals surface area contributed by atoms with Gasteiger partial charge in [0.2, 0.25) is 0 Å². The number of guanidine groups is 1. The molecule has 0 bridgehead atoms. The van der Waals surface area contributed by atoms with Crippen LogP contribution < -0.4 is 15.4 Å². The Balaban J connectivity index is 1.46.